The minimum absolute atomic E-state index is 0.125. The van der Waals surface area contributed by atoms with E-state index in [1.165, 1.54) is 11.1 Å². The Morgan fingerprint density at radius 3 is 2.12 bits per heavy atom. The second-order valence-electron chi connectivity index (χ2n) is 6.27. The minimum Gasteiger partial charge on any atom is -0.299 e. The molecule has 0 aliphatic carbocycles. The highest BCUT2D eigenvalue weighted by Gasteiger charge is 2.19. The molecule has 0 fully saturated rings. The molecule has 2 heterocycles. The molecule has 0 amide bonds. The number of imidazole rings is 1. The Bertz CT molecular complexity index is 1020. The largest absolute Gasteiger partial charge is 0.299 e. The summed E-state index contributed by atoms with van der Waals surface area (Å²) >= 11 is 6.52. The van der Waals surface area contributed by atoms with Crippen molar-refractivity contribution < 1.29 is 0 Å². The van der Waals surface area contributed by atoms with Crippen molar-refractivity contribution in [3.05, 3.63) is 84.2 Å². The van der Waals surface area contributed by atoms with E-state index in [9.17, 15) is 0 Å². The molecule has 25 heavy (non-hydrogen) atoms. The maximum atomic E-state index is 6.52. The van der Waals surface area contributed by atoms with Crippen LogP contribution in [0, 0.1) is 6.92 Å². The quantitative estimate of drug-likeness (QED) is 0.399. The van der Waals surface area contributed by atoms with Gasteiger partial charge in [0, 0.05) is 11.3 Å². The Labute approximate surface area is 152 Å². The molecule has 2 aromatic heterocycles. The lowest BCUT2D eigenvalue weighted by atomic mass is 10.0. The van der Waals surface area contributed by atoms with Crippen molar-refractivity contribution in [2.45, 2.75) is 19.2 Å². The lowest BCUT2D eigenvalue weighted by molar-refractivity contribution is 0.936. The zero-order valence-corrected chi connectivity index (χ0v) is 15.0. The number of alkyl halides is 1. The molecular weight excluding hydrogens is 328 g/mol. The van der Waals surface area contributed by atoms with Gasteiger partial charge in [0.25, 0.3) is 0 Å². The fourth-order valence-corrected chi connectivity index (χ4v) is 3.51. The number of aryl methyl sites for hydroxylation is 1. The van der Waals surface area contributed by atoms with Crippen LogP contribution in [0.15, 0.2) is 72.8 Å². The Morgan fingerprint density at radius 1 is 0.800 bits per heavy atom. The smallest absolute Gasteiger partial charge is 0.137 e. The third-order valence-corrected chi connectivity index (χ3v) is 4.72. The van der Waals surface area contributed by atoms with E-state index < -0.39 is 0 Å². The molecule has 2 aromatic carbocycles. The topological polar surface area (TPSA) is 17.3 Å². The Morgan fingerprint density at radius 2 is 1.44 bits per heavy atom. The zero-order valence-electron chi connectivity index (χ0n) is 14.3. The molecule has 0 bridgehead atoms. The van der Waals surface area contributed by atoms with Gasteiger partial charge in [-0.1, -0.05) is 60.7 Å². The van der Waals surface area contributed by atoms with Gasteiger partial charge in [0.1, 0.15) is 5.65 Å². The number of nitrogens with zero attached hydrogens (tertiary/aromatic N) is 2. The predicted octanol–water partition coefficient (Wildman–Crippen LogP) is 6.28. The average Bonchev–Trinajstić information content (AvgIpc) is 3.04. The zero-order chi connectivity index (χ0) is 17.4. The molecule has 3 heteroatoms. The minimum atomic E-state index is -0.125. The fourth-order valence-electron chi connectivity index (χ4n) is 3.31. The van der Waals surface area contributed by atoms with Gasteiger partial charge in [-0.05, 0) is 37.1 Å². The standard InChI is InChI=1S/C22H19ClN2/c1-15-7-6-10-20-24-21(22(16(2)23)25(15)20)19-13-11-18(12-14-19)17-8-4-3-5-9-17/h3-14,16H,1-2H3. The Hall–Kier alpha value is -2.58. The molecule has 0 N–H and O–H groups in total. The summed E-state index contributed by atoms with van der Waals surface area (Å²) in [5.41, 5.74) is 7.57. The van der Waals surface area contributed by atoms with Crippen LogP contribution in [0.3, 0.4) is 0 Å². The lowest BCUT2D eigenvalue weighted by Crippen LogP contribution is -1.98. The molecule has 0 saturated heterocycles. The van der Waals surface area contributed by atoms with E-state index in [1.54, 1.807) is 0 Å². The number of hydrogen-bond donors (Lipinski definition) is 0. The van der Waals surface area contributed by atoms with Gasteiger partial charge in [0.15, 0.2) is 0 Å². The molecule has 0 aliphatic rings. The van der Waals surface area contributed by atoms with Crippen molar-refractivity contribution in [3.63, 3.8) is 0 Å². The number of benzene rings is 2. The number of fused-ring (bicyclic) bond motifs is 1. The van der Waals surface area contributed by atoms with E-state index in [0.717, 1.165) is 28.3 Å². The van der Waals surface area contributed by atoms with Crippen LogP contribution in [0.5, 0.6) is 0 Å². The first-order valence-corrected chi connectivity index (χ1v) is 8.86. The monoisotopic (exact) mass is 346 g/mol. The van der Waals surface area contributed by atoms with Gasteiger partial charge in [0.2, 0.25) is 0 Å². The normalized spacial score (nSPS) is 12.4. The molecule has 0 aliphatic heterocycles. The van der Waals surface area contributed by atoms with Gasteiger partial charge in [-0.15, -0.1) is 11.6 Å². The van der Waals surface area contributed by atoms with Crippen molar-refractivity contribution in [2.24, 2.45) is 0 Å². The number of halogens is 1. The number of hydrogen-bond acceptors (Lipinski definition) is 1. The molecule has 1 atom stereocenters. The highest BCUT2D eigenvalue weighted by molar-refractivity contribution is 6.20. The van der Waals surface area contributed by atoms with Crippen LogP contribution in [-0.4, -0.2) is 9.38 Å². The van der Waals surface area contributed by atoms with Crippen LogP contribution >= 0.6 is 11.6 Å². The molecule has 0 saturated carbocycles. The van der Waals surface area contributed by atoms with Crippen molar-refractivity contribution in [2.75, 3.05) is 0 Å². The van der Waals surface area contributed by atoms with Crippen LogP contribution in [0.2, 0.25) is 0 Å². The molecule has 0 radical (unpaired) electrons. The summed E-state index contributed by atoms with van der Waals surface area (Å²) in [6, 6.07) is 25.1. The molecule has 4 aromatic rings. The van der Waals surface area contributed by atoms with Crippen molar-refractivity contribution in [1.29, 1.82) is 0 Å². The highest BCUT2D eigenvalue weighted by atomic mass is 35.5. The van der Waals surface area contributed by atoms with Gasteiger partial charge >= 0.3 is 0 Å². The van der Waals surface area contributed by atoms with E-state index in [2.05, 4.69) is 65.9 Å². The molecule has 4 rings (SSSR count). The second kappa shape index (κ2) is 6.38. The maximum absolute atomic E-state index is 6.52. The Kier molecular flexibility index (Phi) is 4.06. The van der Waals surface area contributed by atoms with Crippen LogP contribution in [-0.2, 0) is 0 Å². The van der Waals surface area contributed by atoms with E-state index in [4.69, 9.17) is 16.6 Å². The van der Waals surface area contributed by atoms with E-state index in [1.807, 2.05) is 25.1 Å². The summed E-state index contributed by atoms with van der Waals surface area (Å²) in [6.07, 6.45) is 0. The first-order valence-electron chi connectivity index (χ1n) is 8.43. The van der Waals surface area contributed by atoms with Gasteiger partial charge in [0.05, 0.1) is 16.8 Å². The number of pyridine rings is 1. The van der Waals surface area contributed by atoms with E-state index in [0.29, 0.717) is 0 Å². The summed E-state index contributed by atoms with van der Waals surface area (Å²) in [6.45, 7) is 4.08. The first kappa shape index (κ1) is 15.9. The summed E-state index contributed by atoms with van der Waals surface area (Å²) in [4.78, 5) is 4.85. The van der Waals surface area contributed by atoms with Crippen molar-refractivity contribution >= 4 is 17.2 Å². The van der Waals surface area contributed by atoms with E-state index in [-0.39, 0.29) is 5.38 Å². The molecule has 2 nitrogen and oxygen atoms in total. The third kappa shape index (κ3) is 2.83. The first-order chi connectivity index (χ1) is 12.1. The van der Waals surface area contributed by atoms with Crippen LogP contribution in [0.1, 0.15) is 23.7 Å². The average molecular weight is 347 g/mol. The fraction of sp³-hybridized carbons (Fsp3) is 0.136. The van der Waals surface area contributed by atoms with Gasteiger partial charge in [-0.25, -0.2) is 4.98 Å². The molecule has 0 spiro atoms. The Balaban J connectivity index is 1.85. The van der Waals surface area contributed by atoms with Crippen molar-refractivity contribution in [3.8, 4) is 22.4 Å². The second-order valence-corrected chi connectivity index (χ2v) is 6.92. The van der Waals surface area contributed by atoms with Gasteiger partial charge in [-0.3, -0.25) is 4.40 Å². The predicted molar refractivity (Wildman–Crippen MR) is 105 cm³/mol. The van der Waals surface area contributed by atoms with Crippen LogP contribution in [0.4, 0.5) is 0 Å². The molecule has 124 valence electrons. The summed E-state index contributed by atoms with van der Waals surface area (Å²) < 4.78 is 2.15. The van der Waals surface area contributed by atoms with Crippen LogP contribution in [0.25, 0.3) is 28.0 Å². The summed E-state index contributed by atoms with van der Waals surface area (Å²) in [5, 5.41) is -0.125. The summed E-state index contributed by atoms with van der Waals surface area (Å²) in [5.74, 6) is 0. The lowest BCUT2D eigenvalue weighted by Gasteiger charge is -2.10. The molecule has 1 unspecified atom stereocenters. The summed E-state index contributed by atoms with van der Waals surface area (Å²) in [7, 11) is 0. The van der Waals surface area contributed by atoms with Gasteiger partial charge < -0.3 is 0 Å². The van der Waals surface area contributed by atoms with Gasteiger partial charge in [-0.2, -0.15) is 0 Å². The van der Waals surface area contributed by atoms with Crippen LogP contribution < -0.4 is 0 Å². The third-order valence-electron chi connectivity index (χ3n) is 4.52. The maximum Gasteiger partial charge on any atom is 0.137 e. The highest BCUT2D eigenvalue weighted by Crippen LogP contribution is 2.33. The van der Waals surface area contributed by atoms with E-state index >= 15 is 0 Å². The number of rotatable bonds is 3. The number of aromatic nitrogens is 2. The SMILES string of the molecule is Cc1cccc2nc(-c3ccc(-c4ccccc4)cc3)c(C(C)Cl)n12. The van der Waals surface area contributed by atoms with Crippen molar-refractivity contribution in [1.82, 2.24) is 9.38 Å². The molecular formula is C22H19ClN2.